The highest BCUT2D eigenvalue weighted by molar-refractivity contribution is 6.21. The molecule has 0 aliphatic heterocycles. The molecule has 0 heteroatoms. The van der Waals surface area contributed by atoms with Crippen molar-refractivity contribution in [2.45, 2.75) is 105 Å². The molecule has 0 radical (unpaired) electrons. The van der Waals surface area contributed by atoms with Crippen molar-refractivity contribution < 1.29 is 0 Å². The molecule has 5 aromatic carbocycles. The summed E-state index contributed by atoms with van der Waals surface area (Å²) in [4.78, 5) is 0. The first-order chi connectivity index (χ1) is 19.4. The zero-order valence-corrected chi connectivity index (χ0v) is 28.1. The molecule has 0 fully saturated rings. The second-order valence-electron chi connectivity index (χ2n) is 16.4. The van der Waals surface area contributed by atoms with E-state index in [1.807, 2.05) is 0 Å². The highest BCUT2D eigenvalue weighted by Crippen LogP contribution is 2.46. The van der Waals surface area contributed by atoms with E-state index in [9.17, 15) is 0 Å². The monoisotopic (exact) mass is 554 g/mol. The Morgan fingerprint density at radius 1 is 0.286 bits per heavy atom. The van der Waals surface area contributed by atoms with E-state index in [2.05, 4.69) is 168 Å². The average molecular weight is 555 g/mol. The summed E-state index contributed by atoms with van der Waals surface area (Å²) in [5.41, 5.74) is 11.0. The molecule has 0 bridgehead atoms. The number of rotatable bonds is 2. The van der Waals surface area contributed by atoms with Gasteiger partial charge in [0, 0.05) is 0 Å². The maximum Gasteiger partial charge on any atom is -0.00263 e. The van der Waals surface area contributed by atoms with Crippen LogP contribution in [0.5, 0.6) is 0 Å². The Morgan fingerprint density at radius 2 is 0.548 bits per heavy atom. The summed E-state index contributed by atoms with van der Waals surface area (Å²) in [6.45, 7) is 27.6. The van der Waals surface area contributed by atoms with Gasteiger partial charge >= 0.3 is 0 Å². The molecule has 218 valence electrons. The molecule has 0 nitrogen and oxygen atoms in total. The van der Waals surface area contributed by atoms with Gasteiger partial charge in [-0.1, -0.05) is 156 Å². The van der Waals surface area contributed by atoms with Gasteiger partial charge in [-0.2, -0.15) is 0 Å². The van der Waals surface area contributed by atoms with Crippen LogP contribution in [-0.4, -0.2) is 0 Å². The standard InChI is InChI=1S/C42H50/c1-39(2,3)29-17-13-27(14-18-29)37-33-23-21-32(42(10,11)12)26-36(33)38(28-15-19-30(20-16-28)40(4,5)6)34-24-22-31(25-35(34)37)41(7,8)9/h13-26H,1-12H3. The third-order valence-electron chi connectivity index (χ3n) is 8.93. The fourth-order valence-corrected chi connectivity index (χ4v) is 6.06. The van der Waals surface area contributed by atoms with E-state index in [0.717, 1.165) is 0 Å². The Morgan fingerprint density at radius 3 is 0.810 bits per heavy atom. The SMILES string of the molecule is CC(C)(C)c1ccc(-c2c3ccc(C(C)(C)C)cc3c(-c3ccc(C(C)(C)C)cc3)c3ccc(C(C)(C)C)cc23)cc1. The Kier molecular flexibility index (Phi) is 7.25. The Hall–Kier alpha value is -3.38. The van der Waals surface area contributed by atoms with Crippen LogP contribution < -0.4 is 0 Å². The van der Waals surface area contributed by atoms with Crippen LogP contribution in [0, 0.1) is 0 Å². The first-order valence-electron chi connectivity index (χ1n) is 15.6. The summed E-state index contributed by atoms with van der Waals surface area (Å²) in [5.74, 6) is 0. The van der Waals surface area contributed by atoms with Crippen molar-refractivity contribution in [3.05, 3.63) is 107 Å². The molecule has 0 aliphatic carbocycles. The van der Waals surface area contributed by atoms with Gasteiger partial charge in [0.15, 0.2) is 0 Å². The minimum absolute atomic E-state index is 0.0567. The molecular formula is C42H50. The van der Waals surface area contributed by atoms with E-state index < -0.39 is 0 Å². The van der Waals surface area contributed by atoms with Crippen LogP contribution in [0.3, 0.4) is 0 Å². The van der Waals surface area contributed by atoms with Gasteiger partial charge in [-0.15, -0.1) is 0 Å². The molecular weight excluding hydrogens is 504 g/mol. The Labute approximate surface area is 255 Å². The van der Waals surface area contributed by atoms with Crippen LogP contribution in [-0.2, 0) is 21.7 Å². The van der Waals surface area contributed by atoms with Crippen LogP contribution in [0.2, 0.25) is 0 Å². The summed E-state index contributed by atoms with van der Waals surface area (Å²) >= 11 is 0. The minimum atomic E-state index is 0.0567. The van der Waals surface area contributed by atoms with E-state index in [1.54, 1.807) is 0 Å². The molecule has 5 rings (SSSR count). The summed E-state index contributed by atoms with van der Waals surface area (Å²) in [6, 6.07) is 33.1. The smallest absolute Gasteiger partial charge is 0.00263 e. The molecule has 5 aromatic rings. The molecule has 0 aromatic heterocycles. The van der Waals surface area contributed by atoms with Gasteiger partial charge in [0.1, 0.15) is 0 Å². The number of hydrogen-bond donors (Lipinski definition) is 0. The van der Waals surface area contributed by atoms with E-state index in [-0.39, 0.29) is 21.7 Å². The van der Waals surface area contributed by atoms with Crippen molar-refractivity contribution in [2.24, 2.45) is 0 Å². The van der Waals surface area contributed by atoms with Gasteiger partial charge in [-0.05, 0) is 99.8 Å². The van der Waals surface area contributed by atoms with Crippen molar-refractivity contribution in [1.82, 2.24) is 0 Å². The summed E-state index contributed by atoms with van der Waals surface area (Å²) in [6.07, 6.45) is 0. The quantitative estimate of drug-likeness (QED) is 0.190. The molecule has 0 unspecified atom stereocenters. The lowest BCUT2D eigenvalue weighted by Gasteiger charge is -2.25. The van der Waals surface area contributed by atoms with Crippen molar-refractivity contribution in [2.75, 3.05) is 0 Å². The predicted molar refractivity (Wildman–Crippen MR) is 187 cm³/mol. The normalized spacial score (nSPS) is 13.2. The van der Waals surface area contributed by atoms with Crippen LogP contribution in [0.25, 0.3) is 43.8 Å². The second-order valence-corrected chi connectivity index (χ2v) is 16.4. The summed E-state index contributed by atoms with van der Waals surface area (Å²) < 4.78 is 0. The second kappa shape index (κ2) is 10.1. The molecule has 0 amide bonds. The van der Waals surface area contributed by atoms with Crippen LogP contribution in [0.4, 0.5) is 0 Å². The van der Waals surface area contributed by atoms with Gasteiger partial charge in [0.25, 0.3) is 0 Å². The first-order valence-corrected chi connectivity index (χ1v) is 15.6. The van der Waals surface area contributed by atoms with Crippen molar-refractivity contribution in [3.63, 3.8) is 0 Å². The highest BCUT2D eigenvalue weighted by Gasteiger charge is 2.23. The van der Waals surface area contributed by atoms with E-state index >= 15 is 0 Å². The Bertz CT molecular complexity index is 1610. The van der Waals surface area contributed by atoms with Crippen LogP contribution in [0.1, 0.15) is 105 Å². The molecule has 0 N–H and O–H groups in total. The summed E-state index contributed by atoms with van der Waals surface area (Å²) in [7, 11) is 0. The molecule has 0 aliphatic rings. The van der Waals surface area contributed by atoms with Gasteiger partial charge in [-0.3, -0.25) is 0 Å². The fourth-order valence-electron chi connectivity index (χ4n) is 6.06. The predicted octanol–water partition coefficient (Wildman–Crippen LogP) is 12.5. The van der Waals surface area contributed by atoms with Crippen LogP contribution in [0.15, 0.2) is 84.9 Å². The fraction of sp³-hybridized carbons (Fsp3) is 0.381. The zero-order valence-electron chi connectivity index (χ0n) is 28.1. The molecule has 0 saturated heterocycles. The molecule has 0 heterocycles. The highest BCUT2D eigenvalue weighted by atomic mass is 14.3. The Balaban J connectivity index is 1.94. The molecule has 0 atom stereocenters. The number of hydrogen-bond acceptors (Lipinski definition) is 0. The third-order valence-corrected chi connectivity index (χ3v) is 8.93. The molecule has 0 saturated carbocycles. The van der Waals surface area contributed by atoms with Gasteiger partial charge < -0.3 is 0 Å². The van der Waals surface area contributed by atoms with Crippen molar-refractivity contribution >= 4 is 21.5 Å². The van der Waals surface area contributed by atoms with E-state index in [0.29, 0.717) is 0 Å². The van der Waals surface area contributed by atoms with E-state index in [4.69, 9.17) is 0 Å². The van der Waals surface area contributed by atoms with Crippen LogP contribution >= 0.6 is 0 Å². The number of benzene rings is 5. The number of fused-ring (bicyclic) bond motifs is 2. The molecule has 0 spiro atoms. The zero-order chi connectivity index (χ0) is 30.8. The largest absolute Gasteiger partial charge is 0.0579 e. The summed E-state index contributed by atoms with van der Waals surface area (Å²) in [5, 5.41) is 5.30. The lowest BCUT2D eigenvalue weighted by molar-refractivity contribution is 0.590. The maximum atomic E-state index is 2.46. The maximum absolute atomic E-state index is 2.46. The van der Waals surface area contributed by atoms with E-state index in [1.165, 1.54) is 66.1 Å². The van der Waals surface area contributed by atoms with Crippen molar-refractivity contribution in [3.8, 4) is 22.3 Å². The lowest BCUT2D eigenvalue weighted by Crippen LogP contribution is -2.12. The van der Waals surface area contributed by atoms with Gasteiger partial charge in [0.2, 0.25) is 0 Å². The van der Waals surface area contributed by atoms with Gasteiger partial charge in [0.05, 0.1) is 0 Å². The topological polar surface area (TPSA) is 0 Å². The lowest BCUT2D eigenvalue weighted by atomic mass is 9.78. The first kappa shape index (κ1) is 30.1. The minimum Gasteiger partial charge on any atom is -0.0579 e. The van der Waals surface area contributed by atoms with Crippen molar-refractivity contribution in [1.29, 1.82) is 0 Å². The average Bonchev–Trinajstić information content (AvgIpc) is 2.89. The van der Waals surface area contributed by atoms with Gasteiger partial charge in [-0.25, -0.2) is 0 Å². The molecule has 42 heavy (non-hydrogen) atoms. The third kappa shape index (κ3) is 5.66.